The van der Waals surface area contributed by atoms with Crippen LogP contribution in [0.1, 0.15) is 49.7 Å². The largest absolute Gasteiger partial charge is 0.377 e. The van der Waals surface area contributed by atoms with E-state index in [1.165, 1.54) is 11.8 Å². The van der Waals surface area contributed by atoms with Gasteiger partial charge in [0.1, 0.15) is 17.8 Å². The highest BCUT2D eigenvalue weighted by Crippen LogP contribution is 2.43. The Balaban J connectivity index is 1.54. The molecular formula is C21H30N6O2. The molecule has 8 heteroatoms. The summed E-state index contributed by atoms with van der Waals surface area (Å²) in [5, 5.41) is 11.6. The van der Waals surface area contributed by atoms with Gasteiger partial charge in [-0.25, -0.2) is 10.4 Å². The molecule has 0 spiro atoms. The van der Waals surface area contributed by atoms with Gasteiger partial charge in [0, 0.05) is 24.5 Å². The first-order valence-corrected chi connectivity index (χ1v) is 10.7. The van der Waals surface area contributed by atoms with Crippen molar-refractivity contribution in [2.24, 2.45) is 0 Å². The number of nitrogens with one attached hydrogen (secondary N) is 4. The lowest BCUT2D eigenvalue weighted by molar-refractivity contribution is -0.00381. The summed E-state index contributed by atoms with van der Waals surface area (Å²) in [5.74, 6) is 2.13. The maximum atomic E-state index is 8.16. The minimum Gasteiger partial charge on any atom is -0.377 e. The molecule has 1 aromatic rings. The van der Waals surface area contributed by atoms with Gasteiger partial charge in [0.15, 0.2) is 0 Å². The van der Waals surface area contributed by atoms with Gasteiger partial charge in [-0.1, -0.05) is 0 Å². The molecular weight excluding hydrogens is 368 g/mol. The van der Waals surface area contributed by atoms with Crippen molar-refractivity contribution in [3.63, 3.8) is 0 Å². The topological polar surface area (TPSA) is 94.5 Å². The van der Waals surface area contributed by atoms with Gasteiger partial charge in [-0.3, -0.25) is 0 Å². The molecule has 5 heterocycles. The van der Waals surface area contributed by atoms with Crippen molar-refractivity contribution >= 4 is 17.9 Å². The molecule has 4 unspecified atom stereocenters. The summed E-state index contributed by atoms with van der Waals surface area (Å²) in [6, 6.07) is 2.50. The molecule has 2 bridgehead atoms. The van der Waals surface area contributed by atoms with E-state index in [0.717, 1.165) is 49.4 Å². The molecule has 156 valence electrons. The summed E-state index contributed by atoms with van der Waals surface area (Å²) in [6.45, 7) is 4.44. The van der Waals surface area contributed by atoms with Crippen molar-refractivity contribution in [2.45, 2.75) is 62.9 Å². The summed E-state index contributed by atoms with van der Waals surface area (Å²) in [4.78, 5) is 7.29. The number of fused-ring (bicyclic) bond motifs is 2. The summed E-state index contributed by atoms with van der Waals surface area (Å²) >= 11 is 0. The normalized spacial score (nSPS) is 33.6. The SMILES string of the molecule is CC1COCCN1c1cc(C2CC3CCC(C2)O3)c(C=N)c(NC2C=CNN2)n1. The van der Waals surface area contributed by atoms with Crippen LogP contribution in [0.4, 0.5) is 11.6 Å². The fourth-order valence-electron chi connectivity index (χ4n) is 5.05. The van der Waals surface area contributed by atoms with Gasteiger partial charge in [-0.15, -0.1) is 0 Å². The highest BCUT2D eigenvalue weighted by Gasteiger charge is 2.37. The van der Waals surface area contributed by atoms with Gasteiger partial charge < -0.3 is 30.5 Å². The number of hydrazine groups is 1. The van der Waals surface area contributed by atoms with Crippen LogP contribution in [0, 0.1) is 5.41 Å². The Morgan fingerprint density at radius 2 is 2.14 bits per heavy atom. The molecule has 0 amide bonds. The number of aromatic nitrogens is 1. The fourth-order valence-corrected chi connectivity index (χ4v) is 5.05. The first kappa shape index (κ1) is 18.8. The first-order chi connectivity index (χ1) is 14.2. The number of hydrogen-bond acceptors (Lipinski definition) is 8. The third-order valence-electron chi connectivity index (χ3n) is 6.52. The second-order valence-corrected chi connectivity index (χ2v) is 8.49. The minimum atomic E-state index is -0.0581. The van der Waals surface area contributed by atoms with E-state index in [0.29, 0.717) is 31.3 Å². The summed E-state index contributed by atoms with van der Waals surface area (Å²) < 4.78 is 11.7. The van der Waals surface area contributed by atoms with E-state index in [4.69, 9.17) is 19.9 Å². The standard InChI is InChI=1S/C21H30N6O2/c1-13-12-28-7-6-27(13)20-10-17(14-8-15-2-3-16(9-14)29-15)18(11-22)21(25-20)24-19-4-5-23-26-19/h4-5,10-11,13-16,19,22-23,26H,2-3,6-9,12H2,1H3,(H,24,25). The molecule has 3 fully saturated rings. The van der Waals surface area contributed by atoms with E-state index < -0.39 is 0 Å². The lowest BCUT2D eigenvalue weighted by atomic mass is 9.86. The number of anilines is 2. The van der Waals surface area contributed by atoms with Crippen LogP contribution < -0.4 is 21.1 Å². The smallest absolute Gasteiger partial charge is 0.139 e. The van der Waals surface area contributed by atoms with Crippen LogP contribution in [-0.2, 0) is 9.47 Å². The lowest BCUT2D eigenvalue weighted by Crippen LogP contribution is -2.44. The van der Waals surface area contributed by atoms with E-state index in [9.17, 15) is 0 Å². The Kier molecular flexibility index (Phi) is 5.15. The van der Waals surface area contributed by atoms with Gasteiger partial charge in [0.05, 0.1) is 31.5 Å². The maximum Gasteiger partial charge on any atom is 0.139 e. The molecule has 3 saturated heterocycles. The van der Waals surface area contributed by atoms with E-state index in [-0.39, 0.29) is 12.2 Å². The third kappa shape index (κ3) is 3.72. The number of nitrogens with zero attached hydrogens (tertiary/aromatic N) is 2. The number of hydrogen-bond donors (Lipinski definition) is 4. The van der Waals surface area contributed by atoms with Crippen LogP contribution in [0.5, 0.6) is 0 Å². The molecule has 4 N–H and O–H groups in total. The van der Waals surface area contributed by atoms with Gasteiger partial charge in [0.2, 0.25) is 0 Å². The van der Waals surface area contributed by atoms with E-state index in [1.54, 1.807) is 0 Å². The van der Waals surface area contributed by atoms with Crippen molar-refractivity contribution in [1.29, 1.82) is 5.41 Å². The average Bonchev–Trinajstić information content (AvgIpc) is 3.36. The van der Waals surface area contributed by atoms with E-state index in [2.05, 4.69) is 34.1 Å². The highest BCUT2D eigenvalue weighted by atomic mass is 16.5. The van der Waals surface area contributed by atoms with Gasteiger partial charge in [-0.2, -0.15) is 0 Å². The highest BCUT2D eigenvalue weighted by molar-refractivity contribution is 5.88. The van der Waals surface area contributed by atoms with Gasteiger partial charge >= 0.3 is 0 Å². The Labute approximate surface area is 171 Å². The fraction of sp³-hybridized carbons (Fsp3) is 0.619. The summed E-state index contributed by atoms with van der Waals surface area (Å²) in [7, 11) is 0. The number of pyridine rings is 1. The average molecular weight is 399 g/mol. The zero-order valence-electron chi connectivity index (χ0n) is 16.9. The van der Waals surface area contributed by atoms with Crippen molar-refractivity contribution in [3.8, 4) is 0 Å². The Hall–Kier alpha value is -2.16. The quantitative estimate of drug-likeness (QED) is 0.564. The predicted octanol–water partition coefficient (Wildman–Crippen LogP) is 2.09. The number of rotatable bonds is 5. The predicted molar refractivity (Wildman–Crippen MR) is 112 cm³/mol. The Morgan fingerprint density at radius 1 is 1.31 bits per heavy atom. The van der Waals surface area contributed by atoms with Gasteiger partial charge in [0.25, 0.3) is 0 Å². The minimum absolute atomic E-state index is 0.0581. The second kappa shape index (κ2) is 7.93. The zero-order valence-corrected chi connectivity index (χ0v) is 16.9. The molecule has 0 aliphatic carbocycles. The molecule has 0 radical (unpaired) electrons. The van der Waals surface area contributed by atoms with Gasteiger partial charge in [-0.05, 0) is 56.2 Å². The van der Waals surface area contributed by atoms with Crippen LogP contribution in [0.15, 0.2) is 18.3 Å². The monoisotopic (exact) mass is 398 g/mol. The van der Waals surface area contributed by atoms with Crippen LogP contribution in [0.25, 0.3) is 0 Å². The van der Waals surface area contributed by atoms with Crippen molar-refractivity contribution in [3.05, 3.63) is 29.5 Å². The van der Waals surface area contributed by atoms with Crippen molar-refractivity contribution in [1.82, 2.24) is 15.8 Å². The van der Waals surface area contributed by atoms with Crippen LogP contribution >= 0.6 is 0 Å². The molecule has 0 aromatic carbocycles. The third-order valence-corrected chi connectivity index (χ3v) is 6.52. The van der Waals surface area contributed by atoms with Crippen molar-refractivity contribution < 1.29 is 9.47 Å². The molecule has 5 rings (SSSR count). The van der Waals surface area contributed by atoms with Crippen LogP contribution in [0.3, 0.4) is 0 Å². The van der Waals surface area contributed by atoms with E-state index >= 15 is 0 Å². The first-order valence-electron chi connectivity index (χ1n) is 10.7. The Bertz CT molecular complexity index is 788. The number of morpholine rings is 1. The number of ether oxygens (including phenoxy) is 2. The molecule has 4 atom stereocenters. The molecule has 8 nitrogen and oxygen atoms in total. The van der Waals surface area contributed by atoms with E-state index in [1.807, 2.05) is 12.3 Å². The molecule has 4 aliphatic rings. The maximum absolute atomic E-state index is 8.16. The Morgan fingerprint density at radius 3 is 2.83 bits per heavy atom. The van der Waals surface area contributed by atoms with Crippen LogP contribution in [0.2, 0.25) is 0 Å². The molecule has 0 saturated carbocycles. The second-order valence-electron chi connectivity index (χ2n) is 8.49. The molecule has 1 aromatic heterocycles. The summed E-state index contributed by atoms with van der Waals surface area (Å²) in [5.41, 5.74) is 8.25. The molecule has 29 heavy (non-hydrogen) atoms. The van der Waals surface area contributed by atoms with Crippen molar-refractivity contribution in [2.75, 3.05) is 30.0 Å². The summed E-state index contributed by atoms with van der Waals surface area (Å²) in [6.07, 6.45) is 10.4. The zero-order chi connectivity index (χ0) is 19.8. The molecule has 4 aliphatic heterocycles. The lowest BCUT2D eigenvalue weighted by Gasteiger charge is -2.36. The van der Waals surface area contributed by atoms with Crippen LogP contribution in [-0.4, -0.2) is 55.4 Å².